The molecule has 1 saturated carbocycles. The van der Waals surface area contributed by atoms with Gasteiger partial charge < -0.3 is 14.7 Å². The molecular weight excluding hydrogens is 271 g/mol. The SMILES string of the molecule is Fc1ccc(-c2nc(N3CCNCC3)no2)c(C2CC2)c1. The van der Waals surface area contributed by atoms with Crippen molar-refractivity contribution >= 4 is 5.95 Å². The van der Waals surface area contributed by atoms with Gasteiger partial charge in [0, 0.05) is 31.7 Å². The summed E-state index contributed by atoms with van der Waals surface area (Å²) in [7, 11) is 0. The highest BCUT2D eigenvalue weighted by Crippen LogP contribution is 2.44. The molecule has 2 aliphatic rings. The lowest BCUT2D eigenvalue weighted by Gasteiger charge is -2.25. The van der Waals surface area contributed by atoms with Crippen molar-refractivity contribution in [3.05, 3.63) is 29.6 Å². The van der Waals surface area contributed by atoms with Crippen molar-refractivity contribution < 1.29 is 8.91 Å². The smallest absolute Gasteiger partial charge is 0.266 e. The maximum atomic E-state index is 13.5. The highest BCUT2D eigenvalue weighted by atomic mass is 19.1. The Balaban J connectivity index is 1.66. The third-order valence-electron chi connectivity index (χ3n) is 4.08. The number of aromatic nitrogens is 2. The molecule has 1 aromatic heterocycles. The van der Waals surface area contributed by atoms with Gasteiger partial charge in [0.15, 0.2) is 0 Å². The first kappa shape index (κ1) is 12.8. The number of hydrogen-bond acceptors (Lipinski definition) is 5. The fourth-order valence-electron chi connectivity index (χ4n) is 2.78. The summed E-state index contributed by atoms with van der Waals surface area (Å²) in [5, 5.41) is 7.37. The average molecular weight is 288 g/mol. The van der Waals surface area contributed by atoms with Crippen LogP contribution in [0.1, 0.15) is 24.3 Å². The van der Waals surface area contributed by atoms with E-state index >= 15 is 0 Å². The second-order valence-corrected chi connectivity index (χ2v) is 5.64. The van der Waals surface area contributed by atoms with Gasteiger partial charge >= 0.3 is 0 Å². The number of anilines is 1. The summed E-state index contributed by atoms with van der Waals surface area (Å²) in [5.41, 5.74) is 1.86. The van der Waals surface area contributed by atoms with Gasteiger partial charge in [0.25, 0.3) is 11.8 Å². The Morgan fingerprint density at radius 2 is 2.05 bits per heavy atom. The van der Waals surface area contributed by atoms with Crippen LogP contribution in [0.3, 0.4) is 0 Å². The van der Waals surface area contributed by atoms with Crippen LogP contribution in [-0.4, -0.2) is 36.3 Å². The zero-order chi connectivity index (χ0) is 14.2. The molecule has 6 heteroatoms. The quantitative estimate of drug-likeness (QED) is 0.938. The molecule has 21 heavy (non-hydrogen) atoms. The molecule has 2 fully saturated rings. The molecule has 5 nitrogen and oxygen atoms in total. The van der Waals surface area contributed by atoms with Crippen molar-refractivity contribution in [1.82, 2.24) is 15.5 Å². The lowest BCUT2D eigenvalue weighted by Crippen LogP contribution is -2.44. The van der Waals surface area contributed by atoms with Crippen LogP contribution in [0, 0.1) is 5.82 Å². The van der Waals surface area contributed by atoms with Crippen LogP contribution in [-0.2, 0) is 0 Å². The Kier molecular flexibility index (Phi) is 3.11. The van der Waals surface area contributed by atoms with Crippen molar-refractivity contribution in [2.75, 3.05) is 31.1 Å². The van der Waals surface area contributed by atoms with Crippen LogP contribution in [0.4, 0.5) is 10.3 Å². The van der Waals surface area contributed by atoms with E-state index < -0.39 is 0 Å². The van der Waals surface area contributed by atoms with Gasteiger partial charge in [-0.3, -0.25) is 0 Å². The van der Waals surface area contributed by atoms with Crippen LogP contribution in [0.25, 0.3) is 11.5 Å². The monoisotopic (exact) mass is 288 g/mol. The predicted molar refractivity (Wildman–Crippen MR) is 76.7 cm³/mol. The molecule has 1 N–H and O–H groups in total. The van der Waals surface area contributed by atoms with Crippen molar-refractivity contribution in [2.45, 2.75) is 18.8 Å². The minimum absolute atomic E-state index is 0.206. The van der Waals surface area contributed by atoms with Crippen LogP contribution < -0.4 is 10.2 Å². The minimum Gasteiger partial charge on any atom is -0.336 e. The second-order valence-electron chi connectivity index (χ2n) is 5.64. The number of nitrogens with one attached hydrogen (secondary N) is 1. The first-order chi connectivity index (χ1) is 10.3. The van der Waals surface area contributed by atoms with Crippen molar-refractivity contribution in [2.24, 2.45) is 0 Å². The van der Waals surface area contributed by atoms with Crippen LogP contribution >= 0.6 is 0 Å². The zero-order valence-corrected chi connectivity index (χ0v) is 11.7. The standard InChI is InChI=1S/C15H17FN4O/c16-11-3-4-12(13(9-11)10-1-2-10)14-18-15(19-21-14)20-7-5-17-6-8-20/h3-4,9-10,17H,1-2,5-8H2. The third kappa shape index (κ3) is 2.51. The van der Waals surface area contributed by atoms with E-state index in [1.54, 1.807) is 12.1 Å². The van der Waals surface area contributed by atoms with E-state index in [-0.39, 0.29) is 5.82 Å². The summed E-state index contributed by atoms with van der Waals surface area (Å²) in [6, 6.07) is 4.80. The fourth-order valence-corrected chi connectivity index (χ4v) is 2.78. The topological polar surface area (TPSA) is 54.2 Å². The van der Waals surface area contributed by atoms with Crippen LogP contribution in [0.2, 0.25) is 0 Å². The molecule has 1 aliphatic heterocycles. The van der Waals surface area contributed by atoms with Gasteiger partial charge in [-0.2, -0.15) is 4.98 Å². The lowest BCUT2D eigenvalue weighted by atomic mass is 10.0. The number of piperazine rings is 1. The maximum Gasteiger partial charge on any atom is 0.266 e. The molecule has 0 unspecified atom stereocenters. The van der Waals surface area contributed by atoms with E-state index in [1.165, 1.54) is 6.07 Å². The van der Waals surface area contributed by atoms with Crippen LogP contribution in [0.5, 0.6) is 0 Å². The van der Waals surface area contributed by atoms with Crippen LogP contribution in [0.15, 0.2) is 22.7 Å². The van der Waals surface area contributed by atoms with Crippen molar-refractivity contribution in [1.29, 1.82) is 0 Å². The summed E-state index contributed by atoms with van der Waals surface area (Å²) < 4.78 is 18.9. The second kappa shape index (κ2) is 5.11. The molecule has 2 heterocycles. The minimum atomic E-state index is -0.206. The number of rotatable bonds is 3. The first-order valence-corrected chi connectivity index (χ1v) is 7.40. The molecule has 1 saturated heterocycles. The van der Waals surface area contributed by atoms with E-state index in [1.807, 2.05) is 0 Å². The third-order valence-corrected chi connectivity index (χ3v) is 4.08. The van der Waals surface area contributed by atoms with Gasteiger partial charge in [-0.1, -0.05) is 0 Å². The van der Waals surface area contributed by atoms with E-state index in [0.29, 0.717) is 17.8 Å². The molecule has 0 bridgehead atoms. The Labute approximate surface area is 122 Å². The molecular formula is C15H17FN4O. The van der Waals surface area contributed by atoms with Gasteiger partial charge in [-0.25, -0.2) is 4.39 Å². The van der Waals surface area contributed by atoms with Gasteiger partial charge in [0.1, 0.15) is 5.82 Å². The van der Waals surface area contributed by atoms with E-state index in [4.69, 9.17) is 4.52 Å². The lowest BCUT2D eigenvalue weighted by molar-refractivity contribution is 0.426. The number of halogens is 1. The first-order valence-electron chi connectivity index (χ1n) is 7.40. The van der Waals surface area contributed by atoms with Gasteiger partial charge in [-0.05, 0) is 47.7 Å². The summed E-state index contributed by atoms with van der Waals surface area (Å²) in [6.07, 6.45) is 2.21. The van der Waals surface area contributed by atoms with Gasteiger partial charge in [-0.15, -0.1) is 0 Å². The summed E-state index contributed by atoms with van der Waals surface area (Å²) >= 11 is 0. The van der Waals surface area contributed by atoms with Crippen molar-refractivity contribution in [3.63, 3.8) is 0 Å². The molecule has 1 aromatic carbocycles. The molecule has 0 radical (unpaired) electrons. The highest BCUT2D eigenvalue weighted by Gasteiger charge is 2.29. The highest BCUT2D eigenvalue weighted by molar-refractivity contribution is 5.61. The number of hydrogen-bond donors (Lipinski definition) is 1. The normalized spacial score (nSPS) is 19.0. The molecule has 110 valence electrons. The fraction of sp³-hybridized carbons (Fsp3) is 0.467. The number of nitrogens with zero attached hydrogens (tertiary/aromatic N) is 3. The Morgan fingerprint density at radius 3 is 2.81 bits per heavy atom. The Hall–Kier alpha value is -1.95. The maximum absolute atomic E-state index is 13.5. The molecule has 0 spiro atoms. The molecule has 1 aliphatic carbocycles. The van der Waals surface area contributed by atoms with E-state index in [0.717, 1.165) is 50.1 Å². The Morgan fingerprint density at radius 1 is 1.24 bits per heavy atom. The largest absolute Gasteiger partial charge is 0.336 e. The summed E-state index contributed by atoms with van der Waals surface area (Å²) in [4.78, 5) is 6.60. The van der Waals surface area contributed by atoms with Gasteiger partial charge in [0.2, 0.25) is 0 Å². The number of benzene rings is 1. The average Bonchev–Trinajstić information content (AvgIpc) is 3.25. The predicted octanol–water partition coefficient (Wildman–Crippen LogP) is 2.16. The molecule has 4 rings (SSSR count). The van der Waals surface area contributed by atoms with E-state index in [9.17, 15) is 4.39 Å². The summed E-state index contributed by atoms with van der Waals surface area (Å²) in [5.74, 6) is 1.34. The van der Waals surface area contributed by atoms with Gasteiger partial charge in [0.05, 0.1) is 0 Å². The van der Waals surface area contributed by atoms with Crippen molar-refractivity contribution in [3.8, 4) is 11.5 Å². The molecule has 0 amide bonds. The summed E-state index contributed by atoms with van der Waals surface area (Å²) in [6.45, 7) is 3.59. The van der Waals surface area contributed by atoms with E-state index in [2.05, 4.69) is 20.4 Å². The Bertz CT molecular complexity index is 647. The zero-order valence-electron chi connectivity index (χ0n) is 11.7. The molecule has 0 atom stereocenters. The molecule has 2 aromatic rings.